The van der Waals surface area contributed by atoms with E-state index in [2.05, 4.69) is 50.6 Å². The van der Waals surface area contributed by atoms with E-state index in [9.17, 15) is 0 Å². The first-order valence-corrected chi connectivity index (χ1v) is 11.6. The predicted octanol–water partition coefficient (Wildman–Crippen LogP) is 6.60. The summed E-state index contributed by atoms with van der Waals surface area (Å²) in [5.74, 6) is 0. The summed E-state index contributed by atoms with van der Waals surface area (Å²) >= 11 is 0. The van der Waals surface area contributed by atoms with E-state index in [-0.39, 0.29) is 0 Å². The van der Waals surface area contributed by atoms with E-state index in [0.717, 1.165) is 0 Å². The number of benzene rings is 1. The second kappa shape index (κ2) is 10.4. The van der Waals surface area contributed by atoms with Gasteiger partial charge in [0.15, 0.2) is 0 Å². The van der Waals surface area contributed by atoms with Crippen molar-refractivity contribution in [3.63, 3.8) is 0 Å². The third-order valence-corrected chi connectivity index (χ3v) is 6.82. The van der Waals surface area contributed by atoms with Gasteiger partial charge in [0.2, 0.25) is 0 Å². The summed E-state index contributed by atoms with van der Waals surface area (Å²) in [6.45, 7) is 7.35. The molecule has 1 aromatic rings. The zero-order valence-corrected chi connectivity index (χ0v) is 14.8. The van der Waals surface area contributed by atoms with Crippen LogP contribution in [-0.4, -0.2) is 19.5 Å². The minimum Gasteiger partial charge on any atom is -0.0654 e. The zero-order valence-electron chi connectivity index (χ0n) is 13.9. The van der Waals surface area contributed by atoms with Crippen LogP contribution in [0.15, 0.2) is 30.3 Å². The fraction of sp³-hybridized carbons (Fsp3) is 0.684. The molecule has 0 aliphatic rings. The molecule has 0 atom stereocenters. The Morgan fingerprint density at radius 3 is 1.90 bits per heavy atom. The maximum absolute atomic E-state index is 2.53. The van der Waals surface area contributed by atoms with Crippen molar-refractivity contribution in [1.29, 1.82) is 0 Å². The molecule has 0 unspecified atom stereocenters. The number of unbranched alkanes of at least 4 members (excludes halogenated alkanes) is 7. The molecule has 0 saturated carbocycles. The number of rotatable bonds is 11. The Balaban J connectivity index is 2.08. The monoisotopic (exact) mass is 293 g/mol. The van der Waals surface area contributed by atoms with E-state index in [1.807, 2.05) is 0 Å². The summed E-state index contributed by atoms with van der Waals surface area (Å²) in [7, 11) is -0.731. The maximum Gasteiger partial charge on any atom is 0.0837 e. The van der Waals surface area contributed by atoms with Crippen LogP contribution in [0.3, 0.4) is 0 Å². The molecule has 0 aromatic heterocycles. The van der Waals surface area contributed by atoms with Crippen LogP contribution in [0.4, 0.5) is 0 Å². The molecule has 1 rings (SSSR count). The summed E-state index contributed by atoms with van der Waals surface area (Å²) in [4.78, 5) is 0. The van der Waals surface area contributed by atoms with Crippen molar-refractivity contribution in [2.45, 2.75) is 64.5 Å². The van der Waals surface area contributed by atoms with Crippen LogP contribution < -0.4 is 0 Å². The SMILES string of the molecule is CCCCCCCCCC[P+](C)(C)Cc1ccccc1. The van der Waals surface area contributed by atoms with E-state index in [0.29, 0.717) is 0 Å². The highest BCUT2D eigenvalue weighted by atomic mass is 31.2. The molecule has 0 aliphatic heterocycles. The van der Waals surface area contributed by atoms with Gasteiger partial charge in [-0.25, -0.2) is 0 Å². The summed E-state index contributed by atoms with van der Waals surface area (Å²) in [5, 5.41) is 0. The molecule has 1 aromatic carbocycles. The Kier molecular flexibility index (Phi) is 9.19. The molecule has 0 bridgehead atoms. The molecule has 0 radical (unpaired) electrons. The Labute approximate surface area is 127 Å². The van der Waals surface area contributed by atoms with Gasteiger partial charge in [0.1, 0.15) is 0 Å². The van der Waals surface area contributed by atoms with Crippen LogP contribution in [0, 0.1) is 0 Å². The lowest BCUT2D eigenvalue weighted by molar-refractivity contribution is 0.585. The Bertz CT molecular complexity index is 329. The van der Waals surface area contributed by atoms with Crippen LogP contribution in [0.1, 0.15) is 63.9 Å². The largest absolute Gasteiger partial charge is 0.0837 e. The summed E-state index contributed by atoms with van der Waals surface area (Å²) < 4.78 is 0. The minimum atomic E-state index is -0.731. The summed E-state index contributed by atoms with van der Waals surface area (Å²) in [6.07, 6.45) is 14.3. The summed E-state index contributed by atoms with van der Waals surface area (Å²) in [6, 6.07) is 11.0. The minimum absolute atomic E-state index is 0.731. The first-order valence-electron chi connectivity index (χ1n) is 8.50. The van der Waals surface area contributed by atoms with Crippen LogP contribution in [0.2, 0.25) is 0 Å². The third kappa shape index (κ3) is 8.75. The Hall–Kier alpha value is -0.350. The van der Waals surface area contributed by atoms with Crippen molar-refractivity contribution in [2.24, 2.45) is 0 Å². The third-order valence-electron chi connectivity index (χ3n) is 4.07. The van der Waals surface area contributed by atoms with Gasteiger partial charge in [-0.3, -0.25) is 0 Å². The van der Waals surface area contributed by atoms with Crippen molar-refractivity contribution >= 4 is 7.26 Å². The van der Waals surface area contributed by atoms with Crippen molar-refractivity contribution < 1.29 is 0 Å². The standard InChI is InChI=1S/C19H34P/c1-4-5-6-7-8-9-10-14-17-20(2,3)18-19-15-12-11-13-16-19/h11-13,15-16H,4-10,14,17-18H2,1-3H3/q+1. The lowest BCUT2D eigenvalue weighted by atomic mass is 10.1. The lowest BCUT2D eigenvalue weighted by Crippen LogP contribution is -1.99. The van der Waals surface area contributed by atoms with Gasteiger partial charge in [0.05, 0.1) is 12.3 Å². The molecule has 0 fully saturated rings. The van der Waals surface area contributed by atoms with Gasteiger partial charge in [-0.1, -0.05) is 75.8 Å². The van der Waals surface area contributed by atoms with Crippen LogP contribution in [0.5, 0.6) is 0 Å². The topological polar surface area (TPSA) is 0 Å². The highest BCUT2D eigenvalue weighted by molar-refractivity contribution is 7.73. The molecule has 0 aliphatic carbocycles. The molecule has 20 heavy (non-hydrogen) atoms. The first-order chi connectivity index (χ1) is 9.64. The van der Waals surface area contributed by atoms with Gasteiger partial charge < -0.3 is 0 Å². The second-order valence-corrected chi connectivity index (χ2v) is 11.4. The summed E-state index contributed by atoms with van der Waals surface area (Å²) in [5.41, 5.74) is 1.53. The van der Waals surface area contributed by atoms with Crippen molar-refractivity contribution in [2.75, 3.05) is 19.5 Å². The number of hydrogen-bond donors (Lipinski definition) is 0. The zero-order chi connectivity index (χ0) is 14.7. The van der Waals surface area contributed by atoms with Gasteiger partial charge in [-0.05, 0) is 18.4 Å². The molecule has 0 amide bonds. The van der Waals surface area contributed by atoms with Gasteiger partial charge in [-0.2, -0.15) is 0 Å². The smallest absolute Gasteiger partial charge is 0.0654 e. The van der Waals surface area contributed by atoms with E-state index >= 15 is 0 Å². The predicted molar refractivity (Wildman–Crippen MR) is 96.4 cm³/mol. The fourth-order valence-electron chi connectivity index (χ4n) is 2.83. The molecule has 0 heterocycles. The van der Waals surface area contributed by atoms with E-state index in [4.69, 9.17) is 0 Å². The highest BCUT2D eigenvalue weighted by Gasteiger charge is 2.24. The van der Waals surface area contributed by atoms with Crippen molar-refractivity contribution in [1.82, 2.24) is 0 Å². The molecule has 0 N–H and O–H groups in total. The van der Waals surface area contributed by atoms with Crippen molar-refractivity contribution in [3.8, 4) is 0 Å². The molecule has 0 spiro atoms. The molecule has 0 nitrogen and oxygen atoms in total. The molecule has 114 valence electrons. The van der Waals surface area contributed by atoms with Gasteiger partial charge in [-0.15, -0.1) is 0 Å². The van der Waals surface area contributed by atoms with Crippen LogP contribution in [0.25, 0.3) is 0 Å². The van der Waals surface area contributed by atoms with Crippen molar-refractivity contribution in [3.05, 3.63) is 35.9 Å². The highest BCUT2D eigenvalue weighted by Crippen LogP contribution is 2.54. The molecule has 0 saturated heterocycles. The van der Waals surface area contributed by atoms with Gasteiger partial charge in [0, 0.05) is 20.6 Å². The van der Waals surface area contributed by atoms with Crippen LogP contribution in [-0.2, 0) is 6.16 Å². The molecular formula is C19H34P+. The van der Waals surface area contributed by atoms with E-state index < -0.39 is 7.26 Å². The maximum atomic E-state index is 2.53. The fourth-order valence-corrected chi connectivity index (χ4v) is 5.27. The molecular weight excluding hydrogens is 259 g/mol. The average molecular weight is 293 g/mol. The Morgan fingerprint density at radius 1 is 0.750 bits per heavy atom. The lowest BCUT2D eigenvalue weighted by Gasteiger charge is -2.18. The normalized spacial score (nSPS) is 11.8. The van der Waals surface area contributed by atoms with E-state index in [1.54, 1.807) is 0 Å². The second-order valence-electron chi connectivity index (χ2n) is 6.78. The first kappa shape index (κ1) is 17.7. The molecule has 1 heteroatoms. The average Bonchev–Trinajstić information content (AvgIpc) is 2.42. The van der Waals surface area contributed by atoms with Gasteiger partial charge in [0.25, 0.3) is 0 Å². The van der Waals surface area contributed by atoms with Gasteiger partial charge >= 0.3 is 0 Å². The quantitative estimate of drug-likeness (QED) is 0.318. The number of hydrogen-bond acceptors (Lipinski definition) is 0. The van der Waals surface area contributed by atoms with E-state index in [1.165, 1.54) is 69.3 Å². The Morgan fingerprint density at radius 2 is 1.30 bits per heavy atom. The van der Waals surface area contributed by atoms with Crippen LogP contribution >= 0.6 is 7.26 Å².